The van der Waals surface area contributed by atoms with Gasteiger partial charge >= 0.3 is 5.97 Å². The number of esters is 1. The van der Waals surface area contributed by atoms with Crippen molar-refractivity contribution in [2.24, 2.45) is 5.10 Å². The summed E-state index contributed by atoms with van der Waals surface area (Å²) < 4.78 is 37.6. The normalized spacial score (nSPS) is 17.7. The molecule has 10 heteroatoms. The summed E-state index contributed by atoms with van der Waals surface area (Å²) in [6.45, 7) is 1.22. The lowest BCUT2D eigenvalue weighted by atomic mass is 10.1. The van der Waals surface area contributed by atoms with Crippen LogP contribution in [0.4, 0.5) is 5.69 Å². The van der Waals surface area contributed by atoms with Crippen molar-refractivity contribution in [2.75, 3.05) is 31.3 Å². The first-order valence-corrected chi connectivity index (χ1v) is 11.7. The van der Waals surface area contributed by atoms with E-state index in [1.165, 1.54) is 21.4 Å². The Morgan fingerprint density at radius 1 is 1.03 bits per heavy atom. The molecule has 2 aliphatic rings. The van der Waals surface area contributed by atoms with Gasteiger partial charge in [0.15, 0.2) is 0 Å². The average Bonchev–Trinajstić information content (AvgIpc) is 2.84. The first-order valence-electron chi connectivity index (χ1n) is 10.2. The van der Waals surface area contributed by atoms with Crippen molar-refractivity contribution in [3.63, 3.8) is 0 Å². The molecule has 4 rings (SSSR count). The Labute approximate surface area is 186 Å². The Morgan fingerprint density at radius 2 is 1.78 bits per heavy atom. The molecule has 0 aromatic heterocycles. The van der Waals surface area contributed by atoms with Gasteiger partial charge in [0, 0.05) is 25.9 Å². The van der Waals surface area contributed by atoms with Crippen molar-refractivity contribution in [3.05, 3.63) is 60.2 Å². The van der Waals surface area contributed by atoms with E-state index in [2.05, 4.69) is 5.10 Å². The number of hydrogen-bond acceptors (Lipinski definition) is 7. The largest absolute Gasteiger partial charge is 0.456 e. The molecule has 0 N–H and O–H groups in total. The Balaban J connectivity index is 1.44. The fourth-order valence-corrected chi connectivity index (χ4v) is 4.91. The summed E-state index contributed by atoms with van der Waals surface area (Å²) in [4.78, 5) is 24.9. The molecule has 2 aliphatic heterocycles. The Kier molecular flexibility index (Phi) is 6.63. The van der Waals surface area contributed by atoms with Crippen molar-refractivity contribution in [1.82, 2.24) is 4.31 Å². The third-order valence-electron chi connectivity index (χ3n) is 5.15. The van der Waals surface area contributed by atoms with E-state index in [-0.39, 0.29) is 36.0 Å². The number of amides is 1. The Bertz CT molecular complexity index is 1130. The molecule has 0 atom stereocenters. The Morgan fingerprint density at radius 3 is 2.53 bits per heavy atom. The molecule has 1 fully saturated rings. The highest BCUT2D eigenvalue weighted by Crippen LogP contribution is 2.21. The molecule has 9 nitrogen and oxygen atoms in total. The highest BCUT2D eigenvalue weighted by atomic mass is 32.2. The number of ether oxygens (including phenoxy) is 2. The number of anilines is 1. The molecule has 2 heterocycles. The van der Waals surface area contributed by atoms with Crippen LogP contribution in [-0.2, 0) is 35.7 Å². The van der Waals surface area contributed by atoms with Crippen LogP contribution in [0, 0.1) is 0 Å². The molecule has 0 bridgehead atoms. The van der Waals surface area contributed by atoms with E-state index < -0.39 is 16.0 Å². The van der Waals surface area contributed by atoms with E-state index in [1.807, 2.05) is 6.07 Å². The minimum absolute atomic E-state index is 0.108. The van der Waals surface area contributed by atoms with Gasteiger partial charge in [-0.3, -0.25) is 4.79 Å². The summed E-state index contributed by atoms with van der Waals surface area (Å²) in [6.07, 6.45) is 0.336. The summed E-state index contributed by atoms with van der Waals surface area (Å²) in [6, 6.07) is 15.2. The maximum Gasteiger partial charge on any atom is 0.354 e. The molecule has 168 valence electrons. The number of sulfonamides is 1. The van der Waals surface area contributed by atoms with Crippen LogP contribution in [0.3, 0.4) is 0 Å². The number of hydrazone groups is 1. The molecular weight excluding hydrogens is 434 g/mol. The average molecular weight is 458 g/mol. The SMILES string of the molecule is O=C(OCc1cccc(S(=O)(=O)N2CCOCC2)c1)C1=NN(c2ccccc2)C(=O)CC1. The zero-order valence-corrected chi connectivity index (χ0v) is 18.2. The predicted molar refractivity (Wildman–Crippen MR) is 116 cm³/mol. The predicted octanol–water partition coefficient (Wildman–Crippen LogP) is 1.93. The maximum absolute atomic E-state index is 12.8. The first kappa shape index (κ1) is 22.1. The molecule has 0 aliphatic carbocycles. The van der Waals surface area contributed by atoms with E-state index >= 15 is 0 Å². The van der Waals surface area contributed by atoms with Gasteiger partial charge in [0.25, 0.3) is 0 Å². The van der Waals surface area contributed by atoms with Crippen molar-refractivity contribution in [1.29, 1.82) is 0 Å². The molecule has 0 saturated carbocycles. The summed E-state index contributed by atoms with van der Waals surface area (Å²) >= 11 is 0. The third kappa shape index (κ3) is 4.87. The molecule has 2 aromatic rings. The maximum atomic E-state index is 12.8. The molecule has 32 heavy (non-hydrogen) atoms. The topological polar surface area (TPSA) is 106 Å². The van der Waals surface area contributed by atoms with Crippen molar-refractivity contribution >= 4 is 33.3 Å². The van der Waals surface area contributed by atoms with Gasteiger partial charge in [0.05, 0.1) is 23.8 Å². The van der Waals surface area contributed by atoms with Crippen LogP contribution >= 0.6 is 0 Å². The molecule has 0 unspecified atom stereocenters. The van der Waals surface area contributed by atoms with Crippen LogP contribution in [0.2, 0.25) is 0 Å². The second-order valence-corrected chi connectivity index (χ2v) is 9.27. The quantitative estimate of drug-likeness (QED) is 0.614. The molecule has 2 aromatic carbocycles. The fraction of sp³-hybridized carbons (Fsp3) is 0.318. The van der Waals surface area contributed by atoms with Crippen LogP contribution in [0.1, 0.15) is 18.4 Å². The van der Waals surface area contributed by atoms with Crippen molar-refractivity contribution < 1.29 is 27.5 Å². The molecule has 0 radical (unpaired) electrons. The van der Waals surface area contributed by atoms with E-state index in [4.69, 9.17) is 9.47 Å². The lowest BCUT2D eigenvalue weighted by Crippen LogP contribution is -2.40. The smallest absolute Gasteiger partial charge is 0.354 e. The number of benzene rings is 2. The van der Waals surface area contributed by atoms with Crippen LogP contribution < -0.4 is 5.01 Å². The minimum atomic E-state index is -3.64. The standard InChI is InChI=1S/C22H23N3O6S/c26-21-10-9-20(23-25(21)18-6-2-1-3-7-18)22(27)31-16-17-5-4-8-19(15-17)32(28,29)24-11-13-30-14-12-24/h1-8,15H,9-14,16H2. The van der Waals surface area contributed by atoms with Crippen LogP contribution in [-0.4, -0.2) is 56.6 Å². The number of carbonyl (C=O) groups excluding carboxylic acids is 2. The van der Waals surface area contributed by atoms with Gasteiger partial charge in [-0.1, -0.05) is 30.3 Å². The van der Waals surface area contributed by atoms with Gasteiger partial charge in [0.2, 0.25) is 15.9 Å². The second kappa shape index (κ2) is 9.60. The number of rotatable bonds is 6. The second-order valence-electron chi connectivity index (χ2n) is 7.33. The lowest BCUT2D eigenvalue weighted by Gasteiger charge is -2.26. The van der Waals surface area contributed by atoms with Gasteiger partial charge in [-0.25, -0.2) is 18.2 Å². The number of morpholine rings is 1. The molecule has 0 spiro atoms. The van der Waals surface area contributed by atoms with Crippen LogP contribution in [0.25, 0.3) is 0 Å². The molecule has 1 saturated heterocycles. The number of carbonyl (C=O) groups is 2. The number of para-hydroxylation sites is 1. The molecular formula is C22H23N3O6S. The molecule has 1 amide bonds. The van der Waals surface area contributed by atoms with E-state index in [9.17, 15) is 18.0 Å². The zero-order valence-electron chi connectivity index (χ0n) is 17.3. The van der Waals surface area contributed by atoms with E-state index in [0.29, 0.717) is 37.6 Å². The fourth-order valence-electron chi connectivity index (χ4n) is 3.44. The number of hydrogen-bond donors (Lipinski definition) is 0. The summed E-state index contributed by atoms with van der Waals surface area (Å²) in [5.74, 6) is -0.839. The van der Waals surface area contributed by atoms with E-state index in [1.54, 1.807) is 36.4 Å². The number of nitrogens with zero attached hydrogens (tertiary/aromatic N) is 3. The van der Waals surface area contributed by atoms with Crippen LogP contribution in [0.15, 0.2) is 64.6 Å². The summed E-state index contributed by atoms with van der Waals surface area (Å²) in [7, 11) is -3.64. The Hall–Kier alpha value is -3.08. The highest BCUT2D eigenvalue weighted by Gasteiger charge is 2.28. The minimum Gasteiger partial charge on any atom is -0.456 e. The summed E-state index contributed by atoms with van der Waals surface area (Å²) in [5, 5.41) is 5.38. The van der Waals surface area contributed by atoms with Gasteiger partial charge in [-0.05, 0) is 29.8 Å². The zero-order chi connectivity index (χ0) is 22.6. The van der Waals surface area contributed by atoms with Crippen molar-refractivity contribution in [3.8, 4) is 0 Å². The highest BCUT2D eigenvalue weighted by molar-refractivity contribution is 7.89. The van der Waals surface area contributed by atoms with Gasteiger partial charge in [0.1, 0.15) is 12.3 Å². The van der Waals surface area contributed by atoms with Crippen molar-refractivity contribution in [2.45, 2.75) is 24.3 Å². The van der Waals surface area contributed by atoms with E-state index in [0.717, 1.165) is 0 Å². The monoisotopic (exact) mass is 457 g/mol. The summed E-state index contributed by atoms with van der Waals surface area (Å²) in [5.41, 5.74) is 1.26. The van der Waals surface area contributed by atoms with Gasteiger partial charge in [-0.2, -0.15) is 9.41 Å². The van der Waals surface area contributed by atoms with Crippen LogP contribution in [0.5, 0.6) is 0 Å². The van der Waals surface area contributed by atoms with Gasteiger partial charge in [-0.15, -0.1) is 0 Å². The lowest BCUT2D eigenvalue weighted by molar-refractivity contribution is -0.137. The third-order valence-corrected chi connectivity index (χ3v) is 7.04. The first-order chi connectivity index (χ1) is 15.4. The van der Waals surface area contributed by atoms with Gasteiger partial charge < -0.3 is 9.47 Å².